The number of ether oxygens (including phenoxy) is 2. The zero-order valence-electron chi connectivity index (χ0n) is 21.1. The van der Waals surface area contributed by atoms with Crippen LogP contribution in [-0.4, -0.2) is 49.1 Å². The van der Waals surface area contributed by atoms with Crippen LogP contribution in [0.1, 0.15) is 35.6 Å². The molecule has 0 bridgehead atoms. The molecule has 2 atom stereocenters. The molecule has 0 unspecified atom stereocenters. The number of nitrogens with one attached hydrogen (secondary N) is 2. The lowest BCUT2D eigenvalue weighted by atomic mass is 9.96. The Morgan fingerprint density at radius 3 is 2.45 bits per heavy atom. The van der Waals surface area contributed by atoms with Gasteiger partial charge < -0.3 is 14.8 Å². The quantitative estimate of drug-likeness (QED) is 0.345. The molecule has 2 amide bonds. The standard InChI is InChI=1S/C29H30BrN3O5/c1-37-26(34)18-31-27(21-11-6-3-7-12-21)23-17-22(30)14-15-24(23)32-28(35)25-13-8-16-33(25)29(36)38-19-20-9-4-2-5-10-20/h2-7,9-12,14-15,17,25,27,31H,8,13,16,18-19H2,1H3,(H,32,35)/t25-,27-/m0/s1. The van der Waals surface area contributed by atoms with Crippen molar-refractivity contribution >= 4 is 39.6 Å². The normalized spacial score (nSPS) is 15.5. The molecular formula is C29H30BrN3O5. The van der Waals surface area contributed by atoms with Crippen LogP contribution in [0.2, 0.25) is 0 Å². The van der Waals surface area contributed by atoms with Crippen molar-refractivity contribution in [2.45, 2.75) is 31.5 Å². The third-order valence-electron chi connectivity index (χ3n) is 6.39. The zero-order chi connectivity index (χ0) is 26.9. The third kappa shape index (κ3) is 6.99. The maximum atomic E-state index is 13.4. The molecule has 8 nitrogen and oxygen atoms in total. The van der Waals surface area contributed by atoms with E-state index in [1.165, 1.54) is 12.0 Å². The van der Waals surface area contributed by atoms with E-state index in [0.717, 1.165) is 21.2 Å². The molecule has 1 fully saturated rings. The Morgan fingerprint density at radius 1 is 1.03 bits per heavy atom. The first kappa shape index (κ1) is 27.3. The molecule has 1 heterocycles. The van der Waals surface area contributed by atoms with Gasteiger partial charge in [-0.15, -0.1) is 0 Å². The summed E-state index contributed by atoms with van der Waals surface area (Å²) in [6, 6.07) is 23.6. The van der Waals surface area contributed by atoms with Crippen LogP contribution < -0.4 is 10.6 Å². The molecule has 3 aromatic rings. The number of amides is 2. The lowest BCUT2D eigenvalue weighted by Gasteiger charge is -2.26. The van der Waals surface area contributed by atoms with Gasteiger partial charge in [-0.05, 0) is 47.7 Å². The van der Waals surface area contributed by atoms with Crippen molar-refractivity contribution < 1.29 is 23.9 Å². The van der Waals surface area contributed by atoms with E-state index in [4.69, 9.17) is 9.47 Å². The van der Waals surface area contributed by atoms with Gasteiger partial charge in [0.1, 0.15) is 12.6 Å². The van der Waals surface area contributed by atoms with Crippen LogP contribution in [0.5, 0.6) is 0 Å². The number of hydrogen-bond donors (Lipinski definition) is 2. The number of nitrogens with zero attached hydrogens (tertiary/aromatic N) is 1. The Bertz CT molecular complexity index is 1260. The summed E-state index contributed by atoms with van der Waals surface area (Å²) in [5.74, 6) is -0.690. The molecule has 0 aromatic heterocycles. The van der Waals surface area contributed by atoms with Gasteiger partial charge in [-0.1, -0.05) is 76.6 Å². The number of esters is 1. The van der Waals surface area contributed by atoms with E-state index in [1.807, 2.05) is 72.8 Å². The minimum absolute atomic E-state index is 0.0143. The van der Waals surface area contributed by atoms with Gasteiger partial charge in [-0.3, -0.25) is 19.8 Å². The third-order valence-corrected chi connectivity index (χ3v) is 6.88. The van der Waals surface area contributed by atoms with Gasteiger partial charge in [-0.2, -0.15) is 0 Å². The minimum atomic E-state index is -0.645. The summed E-state index contributed by atoms with van der Waals surface area (Å²) in [4.78, 5) is 39.7. The summed E-state index contributed by atoms with van der Waals surface area (Å²) in [6.45, 7) is 0.581. The highest BCUT2D eigenvalue weighted by Gasteiger charge is 2.35. The molecule has 0 spiro atoms. The monoisotopic (exact) mass is 579 g/mol. The zero-order valence-corrected chi connectivity index (χ0v) is 22.6. The number of halogens is 1. The van der Waals surface area contributed by atoms with Crippen LogP contribution in [0.4, 0.5) is 10.5 Å². The molecular weight excluding hydrogens is 550 g/mol. The van der Waals surface area contributed by atoms with Gasteiger partial charge in [0.2, 0.25) is 5.91 Å². The van der Waals surface area contributed by atoms with Crippen molar-refractivity contribution in [3.05, 3.63) is 100 Å². The number of carbonyl (C=O) groups excluding carboxylic acids is 3. The molecule has 198 valence electrons. The molecule has 1 aliphatic heterocycles. The van der Waals surface area contributed by atoms with Crippen LogP contribution in [0.25, 0.3) is 0 Å². The fourth-order valence-electron chi connectivity index (χ4n) is 4.47. The lowest BCUT2D eigenvalue weighted by molar-refractivity contribution is -0.139. The summed E-state index contributed by atoms with van der Waals surface area (Å²) in [7, 11) is 1.34. The van der Waals surface area contributed by atoms with Gasteiger partial charge in [-0.25, -0.2) is 4.79 Å². The Balaban J connectivity index is 1.52. The Labute approximate surface area is 230 Å². The molecule has 1 aliphatic rings. The first-order valence-electron chi connectivity index (χ1n) is 12.4. The van der Waals surface area contributed by atoms with Crippen molar-refractivity contribution in [1.82, 2.24) is 10.2 Å². The fourth-order valence-corrected chi connectivity index (χ4v) is 4.85. The minimum Gasteiger partial charge on any atom is -0.468 e. The van der Waals surface area contributed by atoms with Gasteiger partial charge in [0, 0.05) is 16.7 Å². The van der Waals surface area contributed by atoms with Crippen LogP contribution in [0.15, 0.2) is 83.3 Å². The molecule has 0 saturated carbocycles. The summed E-state index contributed by atoms with van der Waals surface area (Å²) in [6.07, 6.45) is 0.740. The van der Waals surface area contributed by atoms with Crippen LogP contribution in [0, 0.1) is 0 Å². The van der Waals surface area contributed by atoms with E-state index in [9.17, 15) is 14.4 Å². The first-order chi connectivity index (χ1) is 18.5. The lowest BCUT2D eigenvalue weighted by Crippen LogP contribution is -2.43. The topological polar surface area (TPSA) is 97.0 Å². The van der Waals surface area contributed by atoms with Crippen LogP contribution in [-0.2, 0) is 25.7 Å². The second-order valence-electron chi connectivity index (χ2n) is 8.91. The highest BCUT2D eigenvalue weighted by Crippen LogP contribution is 2.32. The van der Waals surface area contributed by atoms with Crippen molar-refractivity contribution in [1.29, 1.82) is 0 Å². The number of hydrogen-bond acceptors (Lipinski definition) is 6. The second-order valence-corrected chi connectivity index (χ2v) is 9.83. The fraction of sp³-hybridized carbons (Fsp3) is 0.276. The molecule has 4 rings (SSSR count). The summed E-state index contributed by atoms with van der Waals surface area (Å²) in [5.41, 5.74) is 3.14. The molecule has 1 saturated heterocycles. The van der Waals surface area contributed by atoms with Gasteiger partial charge in [0.15, 0.2) is 0 Å². The molecule has 0 radical (unpaired) electrons. The Hall–Kier alpha value is -3.69. The second kappa shape index (κ2) is 13.2. The van der Waals surface area contributed by atoms with E-state index in [-0.39, 0.29) is 19.1 Å². The van der Waals surface area contributed by atoms with Crippen molar-refractivity contribution in [2.75, 3.05) is 25.5 Å². The van der Waals surface area contributed by atoms with E-state index < -0.39 is 24.1 Å². The average molecular weight is 580 g/mol. The molecule has 0 aliphatic carbocycles. The summed E-state index contributed by atoms with van der Waals surface area (Å²) < 4.78 is 11.1. The summed E-state index contributed by atoms with van der Waals surface area (Å²) >= 11 is 3.53. The highest BCUT2D eigenvalue weighted by molar-refractivity contribution is 9.10. The van der Waals surface area contributed by atoms with Crippen molar-refractivity contribution in [3.63, 3.8) is 0 Å². The maximum Gasteiger partial charge on any atom is 0.410 e. The predicted octanol–water partition coefficient (Wildman–Crippen LogP) is 5.04. The first-order valence-corrected chi connectivity index (χ1v) is 13.2. The number of methoxy groups -OCH3 is 1. The average Bonchev–Trinajstić information content (AvgIpc) is 3.44. The molecule has 2 N–H and O–H groups in total. The van der Waals surface area contributed by atoms with E-state index >= 15 is 0 Å². The van der Waals surface area contributed by atoms with Crippen molar-refractivity contribution in [3.8, 4) is 0 Å². The van der Waals surface area contributed by atoms with Gasteiger partial charge in [0.05, 0.1) is 19.7 Å². The highest BCUT2D eigenvalue weighted by atomic mass is 79.9. The Morgan fingerprint density at radius 2 is 1.74 bits per heavy atom. The smallest absolute Gasteiger partial charge is 0.410 e. The Kier molecular flexibility index (Phi) is 9.51. The molecule has 38 heavy (non-hydrogen) atoms. The van der Waals surface area contributed by atoms with Crippen LogP contribution >= 0.6 is 15.9 Å². The number of benzene rings is 3. The number of carbonyl (C=O) groups is 3. The summed E-state index contributed by atoms with van der Waals surface area (Å²) in [5, 5.41) is 6.27. The number of anilines is 1. The van der Waals surface area contributed by atoms with Gasteiger partial charge in [0.25, 0.3) is 0 Å². The SMILES string of the molecule is COC(=O)CN[C@@H](c1ccccc1)c1cc(Br)ccc1NC(=O)[C@@H]1CCCN1C(=O)OCc1ccccc1. The van der Waals surface area contributed by atoms with Crippen LogP contribution in [0.3, 0.4) is 0 Å². The number of likely N-dealkylation sites (tertiary alicyclic amines) is 1. The largest absolute Gasteiger partial charge is 0.468 e. The van der Waals surface area contributed by atoms with E-state index in [2.05, 4.69) is 26.6 Å². The number of rotatable bonds is 9. The maximum absolute atomic E-state index is 13.4. The molecule has 3 aromatic carbocycles. The van der Waals surface area contributed by atoms with Gasteiger partial charge >= 0.3 is 12.1 Å². The predicted molar refractivity (Wildman–Crippen MR) is 147 cm³/mol. The molecule has 9 heteroatoms. The van der Waals surface area contributed by atoms with Crippen molar-refractivity contribution in [2.24, 2.45) is 0 Å². The van der Waals surface area contributed by atoms with E-state index in [1.54, 1.807) is 6.07 Å². The van der Waals surface area contributed by atoms with E-state index in [0.29, 0.717) is 25.1 Å².